The van der Waals surface area contributed by atoms with Gasteiger partial charge in [-0.3, -0.25) is 9.78 Å². The Balaban J connectivity index is 1.67. The van der Waals surface area contributed by atoms with Gasteiger partial charge < -0.3 is 5.01 Å². The SMILES string of the molecule is CN1C2C=CC(F)=CC2=CN1[C@@H](c1ccc(C2CC2)nc1)C(C)(C)CCC(=O)C(C)(F)F. The van der Waals surface area contributed by atoms with Gasteiger partial charge in [-0.2, -0.15) is 8.78 Å². The number of halogens is 3. The van der Waals surface area contributed by atoms with E-state index in [1.807, 2.05) is 55.4 Å². The summed E-state index contributed by atoms with van der Waals surface area (Å²) in [5.41, 5.74) is 2.29. The summed E-state index contributed by atoms with van der Waals surface area (Å²) in [6.45, 7) is 4.61. The zero-order chi connectivity index (χ0) is 23.3. The largest absolute Gasteiger partial charge is 0.304 e. The first kappa shape index (κ1) is 22.8. The number of aromatic nitrogens is 1. The number of hydrogen-bond acceptors (Lipinski definition) is 4. The van der Waals surface area contributed by atoms with Gasteiger partial charge in [0.2, 0.25) is 5.78 Å². The van der Waals surface area contributed by atoms with Crippen molar-refractivity contribution in [1.29, 1.82) is 0 Å². The number of allylic oxidation sites excluding steroid dienone is 2. The summed E-state index contributed by atoms with van der Waals surface area (Å²) in [6, 6.07) is 3.71. The molecule has 7 heteroatoms. The maximum atomic E-state index is 13.9. The number of carbonyl (C=O) groups is 1. The minimum atomic E-state index is -3.34. The molecule has 0 aromatic carbocycles. The third-order valence-electron chi connectivity index (χ3n) is 6.74. The van der Waals surface area contributed by atoms with Crippen LogP contribution < -0.4 is 0 Å². The molecular formula is C25H30F3N3O. The van der Waals surface area contributed by atoms with Crippen molar-refractivity contribution in [3.63, 3.8) is 0 Å². The van der Waals surface area contributed by atoms with Gasteiger partial charge in [0, 0.05) is 44.4 Å². The Bertz CT molecular complexity index is 971. The molecule has 2 aliphatic carbocycles. The lowest BCUT2D eigenvalue weighted by atomic mass is 9.76. The first-order valence-electron chi connectivity index (χ1n) is 11.1. The summed E-state index contributed by atoms with van der Waals surface area (Å²) >= 11 is 0. The molecule has 0 N–H and O–H groups in total. The van der Waals surface area contributed by atoms with Crippen molar-refractivity contribution in [1.82, 2.24) is 15.0 Å². The number of rotatable bonds is 8. The highest BCUT2D eigenvalue weighted by molar-refractivity contribution is 5.85. The quantitative estimate of drug-likeness (QED) is 0.502. The second kappa shape index (κ2) is 8.18. The zero-order valence-corrected chi connectivity index (χ0v) is 19.0. The number of ketones is 1. The van der Waals surface area contributed by atoms with Crippen LogP contribution in [0.3, 0.4) is 0 Å². The van der Waals surface area contributed by atoms with Crippen molar-refractivity contribution in [3.05, 3.63) is 65.4 Å². The Kier molecular flexibility index (Phi) is 5.82. The highest BCUT2D eigenvalue weighted by Crippen LogP contribution is 2.47. The van der Waals surface area contributed by atoms with Crippen molar-refractivity contribution in [2.24, 2.45) is 5.41 Å². The van der Waals surface area contributed by atoms with Gasteiger partial charge in [0.25, 0.3) is 0 Å². The first-order chi connectivity index (χ1) is 15.0. The van der Waals surface area contributed by atoms with Gasteiger partial charge in [-0.25, -0.2) is 9.40 Å². The summed E-state index contributed by atoms with van der Waals surface area (Å²) < 4.78 is 40.9. The molecule has 1 unspecified atom stereocenters. The van der Waals surface area contributed by atoms with Crippen LogP contribution in [-0.2, 0) is 4.79 Å². The van der Waals surface area contributed by atoms with E-state index >= 15 is 0 Å². The van der Waals surface area contributed by atoms with Crippen molar-refractivity contribution < 1.29 is 18.0 Å². The molecule has 1 fully saturated rings. The Labute approximate surface area is 187 Å². The fourth-order valence-electron chi connectivity index (χ4n) is 4.64. The molecule has 0 saturated heterocycles. The van der Waals surface area contributed by atoms with Crippen LogP contribution >= 0.6 is 0 Å². The van der Waals surface area contributed by atoms with Gasteiger partial charge >= 0.3 is 5.92 Å². The molecule has 2 heterocycles. The Morgan fingerprint density at radius 3 is 2.56 bits per heavy atom. The van der Waals surface area contributed by atoms with E-state index in [0.717, 1.165) is 29.7 Å². The number of hydrazine groups is 1. The summed E-state index contributed by atoms with van der Waals surface area (Å²) in [6.07, 6.45) is 10.9. The minimum Gasteiger partial charge on any atom is -0.304 e. The third kappa shape index (κ3) is 4.53. The normalized spacial score (nSPS) is 22.5. The number of likely N-dealkylation sites (N-methyl/N-ethyl adjacent to an activating group) is 1. The van der Waals surface area contributed by atoms with Crippen molar-refractivity contribution >= 4 is 5.78 Å². The molecule has 1 saturated carbocycles. The summed E-state index contributed by atoms with van der Waals surface area (Å²) in [5, 5.41) is 4.05. The van der Waals surface area contributed by atoms with E-state index < -0.39 is 17.1 Å². The smallest absolute Gasteiger partial charge is 0.302 e. The number of Topliss-reactive ketones (excluding diaryl/α,β-unsaturated/α-hetero) is 1. The monoisotopic (exact) mass is 445 g/mol. The Hall–Kier alpha value is -2.41. The molecule has 3 aliphatic rings. The van der Waals surface area contributed by atoms with Crippen LogP contribution in [0.1, 0.15) is 69.7 Å². The number of hydrogen-bond donors (Lipinski definition) is 0. The van der Waals surface area contributed by atoms with Crippen molar-refractivity contribution in [2.75, 3.05) is 7.05 Å². The number of alkyl halides is 2. The van der Waals surface area contributed by atoms with Gasteiger partial charge in [0.05, 0.1) is 12.1 Å². The molecule has 0 radical (unpaired) electrons. The standard InChI is InChI=1S/C25H30F3N3O/c1-24(2,12-11-22(32)25(3,27)28)23(17-7-9-20(29-14-17)16-5-6-16)31-15-18-13-19(26)8-10-21(18)30(31)4/h7-10,13-16,21,23H,5-6,11-12H2,1-4H3/t21?,23-/m0/s1. The Morgan fingerprint density at radius 1 is 1.25 bits per heavy atom. The number of carbonyl (C=O) groups excluding carboxylic acids is 1. The summed E-state index contributed by atoms with van der Waals surface area (Å²) in [7, 11) is 1.93. The molecule has 1 aromatic heterocycles. The highest BCUT2D eigenvalue weighted by atomic mass is 19.3. The molecule has 4 nitrogen and oxygen atoms in total. The minimum absolute atomic E-state index is 0.104. The summed E-state index contributed by atoms with van der Waals surface area (Å²) in [4.78, 5) is 16.6. The van der Waals surface area contributed by atoms with Gasteiger partial charge in [0.1, 0.15) is 5.83 Å². The lowest BCUT2D eigenvalue weighted by Gasteiger charge is -2.44. The van der Waals surface area contributed by atoms with Crippen LogP contribution in [0.2, 0.25) is 0 Å². The van der Waals surface area contributed by atoms with Gasteiger partial charge in [-0.05, 0) is 54.0 Å². The average molecular weight is 446 g/mol. The Morgan fingerprint density at radius 2 is 1.97 bits per heavy atom. The fraction of sp³-hybridized carbons (Fsp3) is 0.520. The summed E-state index contributed by atoms with van der Waals surface area (Å²) in [5.74, 6) is -4.17. The predicted molar refractivity (Wildman–Crippen MR) is 117 cm³/mol. The molecule has 0 spiro atoms. The van der Waals surface area contributed by atoms with Gasteiger partial charge in [-0.15, -0.1) is 0 Å². The second-order valence-electron chi connectivity index (χ2n) is 9.91. The first-order valence-corrected chi connectivity index (χ1v) is 11.1. The highest BCUT2D eigenvalue weighted by Gasteiger charge is 2.43. The van der Waals surface area contributed by atoms with E-state index in [9.17, 15) is 18.0 Å². The van der Waals surface area contributed by atoms with E-state index in [4.69, 9.17) is 0 Å². The van der Waals surface area contributed by atoms with E-state index in [-0.39, 0.29) is 30.8 Å². The van der Waals surface area contributed by atoms with Crippen molar-refractivity contribution in [3.8, 4) is 0 Å². The number of fused-ring (bicyclic) bond motifs is 1. The van der Waals surface area contributed by atoms with E-state index in [1.54, 1.807) is 6.08 Å². The third-order valence-corrected chi connectivity index (χ3v) is 6.74. The van der Waals surface area contributed by atoms with Gasteiger partial charge in [0.15, 0.2) is 0 Å². The molecule has 2 atom stereocenters. The zero-order valence-electron chi connectivity index (χ0n) is 19.0. The van der Waals surface area contributed by atoms with Gasteiger partial charge in [-0.1, -0.05) is 26.0 Å². The molecule has 0 amide bonds. The van der Waals surface area contributed by atoms with Crippen LogP contribution in [0.25, 0.3) is 0 Å². The average Bonchev–Trinajstić information content (AvgIpc) is 3.52. The molecule has 172 valence electrons. The molecular weight excluding hydrogens is 415 g/mol. The van der Waals surface area contributed by atoms with Crippen molar-refractivity contribution in [2.45, 2.75) is 70.4 Å². The van der Waals surface area contributed by atoms with Crippen LogP contribution in [-0.4, -0.2) is 39.8 Å². The molecule has 1 aromatic rings. The predicted octanol–water partition coefficient (Wildman–Crippen LogP) is 5.87. The number of nitrogens with zero attached hydrogens (tertiary/aromatic N) is 3. The van der Waals surface area contributed by atoms with Crippen LogP contribution in [0, 0.1) is 5.41 Å². The lowest BCUT2D eigenvalue weighted by Crippen LogP contribution is -2.45. The maximum Gasteiger partial charge on any atom is 0.302 e. The second-order valence-corrected chi connectivity index (χ2v) is 9.91. The van der Waals surface area contributed by atoms with Crippen LogP contribution in [0.5, 0.6) is 0 Å². The molecule has 32 heavy (non-hydrogen) atoms. The van der Waals surface area contributed by atoms with E-state index in [2.05, 4.69) is 4.98 Å². The maximum absolute atomic E-state index is 13.9. The molecule has 4 rings (SSSR count). The molecule has 0 bridgehead atoms. The lowest BCUT2D eigenvalue weighted by molar-refractivity contribution is -0.141. The topological polar surface area (TPSA) is 36.4 Å². The van der Waals surface area contributed by atoms with E-state index in [0.29, 0.717) is 12.8 Å². The van der Waals surface area contributed by atoms with E-state index in [1.165, 1.54) is 12.2 Å². The van der Waals surface area contributed by atoms with Crippen LogP contribution in [0.4, 0.5) is 13.2 Å². The van der Waals surface area contributed by atoms with Crippen LogP contribution in [0.15, 0.2) is 54.2 Å². The molecule has 1 aliphatic heterocycles. The fourth-order valence-corrected chi connectivity index (χ4v) is 4.64. The number of pyridine rings is 1.